The van der Waals surface area contributed by atoms with Crippen molar-refractivity contribution in [2.75, 3.05) is 5.32 Å². The third-order valence-electron chi connectivity index (χ3n) is 3.62. The fraction of sp³-hybridized carbons (Fsp3) is 0.0500. The minimum absolute atomic E-state index is 0.445. The molecule has 0 bridgehead atoms. The highest BCUT2D eigenvalue weighted by molar-refractivity contribution is 6.30. The Balaban J connectivity index is 0.000000396. The lowest BCUT2D eigenvalue weighted by atomic mass is 10.1. The number of alkyl halides is 3. The summed E-state index contributed by atoms with van der Waals surface area (Å²) < 4.78 is 31.7. The number of benzene rings is 2. The Kier molecular flexibility index (Phi) is 7.38. The number of carboxylic acids is 1. The number of pyridine rings is 1. The average molecular weight is 438 g/mol. The van der Waals surface area contributed by atoms with Crippen LogP contribution in [0, 0.1) is 0 Å². The van der Waals surface area contributed by atoms with Crippen LogP contribution in [0.2, 0.25) is 5.02 Å². The van der Waals surface area contributed by atoms with Crippen molar-refractivity contribution in [3.63, 3.8) is 0 Å². The number of nitrogens with zero attached hydrogens (tertiary/aromatic N) is 1. The van der Waals surface area contributed by atoms with E-state index in [1.165, 1.54) is 0 Å². The summed E-state index contributed by atoms with van der Waals surface area (Å²) in [6, 6.07) is 18.4. The van der Waals surface area contributed by atoms with Crippen LogP contribution in [-0.4, -0.2) is 28.1 Å². The van der Waals surface area contributed by atoms with Gasteiger partial charge in [-0.1, -0.05) is 23.7 Å². The van der Waals surface area contributed by atoms with Crippen molar-refractivity contribution in [1.82, 2.24) is 4.98 Å². The Morgan fingerprint density at radius 1 is 0.967 bits per heavy atom. The molecule has 3 rings (SSSR count). The van der Waals surface area contributed by atoms with E-state index in [-0.39, 0.29) is 0 Å². The second-order valence-electron chi connectivity index (χ2n) is 5.81. The number of amides is 1. The molecule has 0 saturated heterocycles. The van der Waals surface area contributed by atoms with Gasteiger partial charge in [0.25, 0.3) is 0 Å². The first-order valence-corrected chi connectivity index (χ1v) is 8.63. The van der Waals surface area contributed by atoms with Crippen LogP contribution in [0.5, 0.6) is 0 Å². The van der Waals surface area contributed by atoms with E-state index in [0.717, 1.165) is 16.8 Å². The van der Waals surface area contributed by atoms with Crippen LogP contribution in [-0.2, 0) is 4.79 Å². The minimum Gasteiger partial charge on any atom is -0.475 e. The molecule has 0 fully saturated rings. The molecule has 0 spiro atoms. The fourth-order valence-electron chi connectivity index (χ4n) is 2.19. The van der Waals surface area contributed by atoms with Crippen molar-refractivity contribution in [2.24, 2.45) is 5.73 Å². The van der Waals surface area contributed by atoms with Gasteiger partial charge in [-0.3, -0.25) is 4.79 Å². The van der Waals surface area contributed by atoms with Gasteiger partial charge in [-0.05, 0) is 59.7 Å². The van der Waals surface area contributed by atoms with E-state index < -0.39 is 18.1 Å². The Labute approximate surface area is 174 Å². The Morgan fingerprint density at radius 3 is 2.03 bits per heavy atom. The smallest absolute Gasteiger partial charge is 0.475 e. The fourth-order valence-corrected chi connectivity index (χ4v) is 2.31. The van der Waals surface area contributed by atoms with Crippen molar-refractivity contribution >= 4 is 35.0 Å². The first kappa shape index (κ1) is 22.7. The van der Waals surface area contributed by atoms with Crippen LogP contribution in [0.25, 0.3) is 11.1 Å². The van der Waals surface area contributed by atoms with Crippen LogP contribution >= 0.6 is 11.6 Å². The van der Waals surface area contributed by atoms with Gasteiger partial charge in [-0.25, -0.2) is 9.78 Å². The molecular weight excluding hydrogens is 423 g/mol. The topological polar surface area (TPSA) is 105 Å². The highest BCUT2D eigenvalue weighted by atomic mass is 35.5. The standard InChI is InChI=1S/C18H14ClN3O.C2HF3O2/c19-15-5-1-12(2-6-15)14-9-10-21-17(11-14)22-16-7-3-13(4-8-16)18(20)23;3-2(4,5)1(6)7/h1-11H,(H2,20,23)(H,21,22);(H,6,7). The summed E-state index contributed by atoms with van der Waals surface area (Å²) in [4.78, 5) is 24.3. The molecule has 6 nitrogen and oxygen atoms in total. The van der Waals surface area contributed by atoms with Gasteiger partial charge >= 0.3 is 12.1 Å². The SMILES string of the molecule is NC(=O)c1ccc(Nc2cc(-c3ccc(Cl)cc3)ccn2)cc1.O=C(O)C(F)(F)F. The largest absolute Gasteiger partial charge is 0.490 e. The second kappa shape index (κ2) is 9.75. The number of primary amides is 1. The number of nitrogens with two attached hydrogens (primary N) is 1. The van der Waals surface area contributed by atoms with Gasteiger partial charge in [-0.2, -0.15) is 13.2 Å². The first-order chi connectivity index (χ1) is 14.1. The van der Waals surface area contributed by atoms with Gasteiger partial charge in [-0.15, -0.1) is 0 Å². The van der Waals surface area contributed by atoms with E-state index in [2.05, 4.69) is 10.3 Å². The molecule has 1 aromatic heterocycles. The maximum Gasteiger partial charge on any atom is 0.490 e. The quantitative estimate of drug-likeness (QED) is 0.539. The number of rotatable bonds is 4. The van der Waals surface area contributed by atoms with Gasteiger partial charge in [0.1, 0.15) is 5.82 Å². The zero-order valence-corrected chi connectivity index (χ0v) is 15.9. The zero-order valence-electron chi connectivity index (χ0n) is 15.2. The third-order valence-corrected chi connectivity index (χ3v) is 3.87. The van der Waals surface area contributed by atoms with E-state index in [1.807, 2.05) is 36.4 Å². The molecule has 0 unspecified atom stereocenters. The molecule has 1 amide bonds. The van der Waals surface area contributed by atoms with E-state index in [9.17, 15) is 18.0 Å². The molecule has 0 aliphatic heterocycles. The summed E-state index contributed by atoms with van der Waals surface area (Å²) in [5, 5.41) is 11.0. The van der Waals surface area contributed by atoms with Crippen LogP contribution in [0.4, 0.5) is 24.7 Å². The number of aromatic nitrogens is 1. The summed E-state index contributed by atoms with van der Waals surface area (Å²) in [7, 11) is 0. The number of aliphatic carboxylic acids is 1. The predicted octanol–water partition coefficient (Wildman–Crippen LogP) is 4.88. The van der Waals surface area contributed by atoms with Gasteiger partial charge in [0, 0.05) is 22.5 Å². The number of anilines is 2. The molecule has 1 heterocycles. The maximum atomic E-state index is 11.1. The molecule has 0 aliphatic rings. The molecule has 30 heavy (non-hydrogen) atoms. The maximum absolute atomic E-state index is 11.1. The molecular formula is C20H15ClF3N3O3. The number of carboxylic acid groups (broad SMARTS) is 1. The van der Waals surface area contributed by atoms with Crippen molar-refractivity contribution < 1.29 is 27.9 Å². The number of carbonyl (C=O) groups excluding carboxylic acids is 1. The average Bonchev–Trinajstić information content (AvgIpc) is 2.69. The summed E-state index contributed by atoms with van der Waals surface area (Å²) >= 11 is 5.92. The van der Waals surface area contributed by atoms with Gasteiger partial charge in [0.15, 0.2) is 0 Å². The monoisotopic (exact) mass is 437 g/mol. The van der Waals surface area contributed by atoms with Crippen molar-refractivity contribution in [3.8, 4) is 11.1 Å². The van der Waals surface area contributed by atoms with Crippen molar-refractivity contribution in [3.05, 3.63) is 77.4 Å². The number of nitrogens with one attached hydrogen (secondary N) is 1. The van der Waals surface area contributed by atoms with E-state index in [4.69, 9.17) is 27.2 Å². The number of carbonyl (C=O) groups is 2. The van der Waals surface area contributed by atoms with Crippen LogP contribution in [0.3, 0.4) is 0 Å². The van der Waals surface area contributed by atoms with Gasteiger partial charge < -0.3 is 16.2 Å². The van der Waals surface area contributed by atoms with Crippen molar-refractivity contribution in [1.29, 1.82) is 0 Å². The predicted molar refractivity (Wildman–Crippen MR) is 107 cm³/mol. The highest BCUT2D eigenvalue weighted by Gasteiger charge is 2.38. The third kappa shape index (κ3) is 6.78. The molecule has 0 atom stereocenters. The normalized spacial score (nSPS) is 10.5. The molecule has 3 aromatic rings. The summed E-state index contributed by atoms with van der Waals surface area (Å²) in [5.41, 5.74) is 8.62. The van der Waals surface area contributed by atoms with E-state index in [0.29, 0.717) is 16.4 Å². The number of hydrogen-bond acceptors (Lipinski definition) is 4. The van der Waals surface area contributed by atoms with Crippen molar-refractivity contribution in [2.45, 2.75) is 6.18 Å². The molecule has 2 aromatic carbocycles. The minimum atomic E-state index is -5.08. The summed E-state index contributed by atoms with van der Waals surface area (Å²) in [5.74, 6) is -2.49. The van der Waals surface area contributed by atoms with Crippen LogP contribution < -0.4 is 11.1 Å². The van der Waals surface area contributed by atoms with Crippen LogP contribution in [0.15, 0.2) is 66.9 Å². The number of hydrogen-bond donors (Lipinski definition) is 3. The first-order valence-electron chi connectivity index (χ1n) is 8.25. The van der Waals surface area contributed by atoms with Gasteiger partial charge in [0.05, 0.1) is 0 Å². The van der Waals surface area contributed by atoms with E-state index in [1.54, 1.807) is 30.5 Å². The lowest BCUT2D eigenvalue weighted by Gasteiger charge is -2.08. The van der Waals surface area contributed by atoms with Gasteiger partial charge in [0.2, 0.25) is 5.91 Å². The molecule has 0 radical (unpaired) electrons. The molecule has 0 saturated carbocycles. The highest BCUT2D eigenvalue weighted by Crippen LogP contribution is 2.24. The second-order valence-corrected chi connectivity index (χ2v) is 6.24. The Morgan fingerprint density at radius 2 is 1.53 bits per heavy atom. The molecule has 156 valence electrons. The lowest BCUT2D eigenvalue weighted by molar-refractivity contribution is -0.192. The molecule has 10 heteroatoms. The summed E-state index contributed by atoms with van der Waals surface area (Å²) in [6.45, 7) is 0. The zero-order chi connectivity index (χ0) is 22.3. The molecule has 4 N–H and O–H groups in total. The van der Waals surface area contributed by atoms with Crippen LogP contribution in [0.1, 0.15) is 10.4 Å². The molecule has 0 aliphatic carbocycles. The number of halogens is 4. The lowest BCUT2D eigenvalue weighted by Crippen LogP contribution is -2.21. The summed E-state index contributed by atoms with van der Waals surface area (Å²) in [6.07, 6.45) is -3.34. The Hall–Kier alpha value is -3.59. The Bertz CT molecular complexity index is 1020. The van der Waals surface area contributed by atoms with E-state index >= 15 is 0 Å².